The van der Waals surface area contributed by atoms with E-state index in [1.54, 1.807) is 0 Å². The topological polar surface area (TPSA) is 46.8 Å². The highest BCUT2D eigenvalue weighted by atomic mass is 15.2. The van der Waals surface area contributed by atoms with Crippen molar-refractivity contribution in [3.63, 3.8) is 0 Å². The number of pyridine rings is 1. The van der Waals surface area contributed by atoms with Crippen molar-refractivity contribution < 1.29 is 0 Å². The third-order valence-corrected chi connectivity index (χ3v) is 12.3. The standard InChI is InChI=1S/C55H37N5/c1-3-13-36(14-4-1)47-34-48(58-55(57-47)38-15-5-2-6-16-38)37-25-28-41(29-26-37)59-51-22-10-8-19-45(51)54-43(20-12-24-53(54)59)39-27-30-52-46(33-39)44-18-7-9-21-50(44)60(52)49-23-11-17-40-35-56-32-31-42(40)49/h1-35,53-54H. The fourth-order valence-corrected chi connectivity index (χ4v) is 9.55. The van der Waals surface area contributed by atoms with E-state index >= 15 is 0 Å². The Morgan fingerprint density at radius 3 is 2.00 bits per heavy atom. The predicted octanol–water partition coefficient (Wildman–Crippen LogP) is 13.4. The molecule has 10 aromatic rings. The molecular formula is C55H37N5. The summed E-state index contributed by atoms with van der Waals surface area (Å²) in [6, 6.07) is 65.0. The van der Waals surface area contributed by atoms with Crippen molar-refractivity contribution in [2.24, 2.45) is 0 Å². The van der Waals surface area contributed by atoms with E-state index in [0.29, 0.717) is 5.82 Å². The van der Waals surface area contributed by atoms with E-state index < -0.39 is 0 Å². The summed E-state index contributed by atoms with van der Waals surface area (Å²) in [4.78, 5) is 17.0. The second kappa shape index (κ2) is 13.9. The average Bonchev–Trinajstić information content (AvgIpc) is 3.84. The number of allylic oxidation sites excluding steroid dienone is 2. The molecular weight excluding hydrogens is 731 g/mol. The number of anilines is 2. The molecule has 2 atom stereocenters. The van der Waals surface area contributed by atoms with Gasteiger partial charge in [0.1, 0.15) is 0 Å². The highest BCUT2D eigenvalue weighted by molar-refractivity contribution is 6.11. The van der Waals surface area contributed by atoms with Gasteiger partial charge in [0, 0.05) is 67.9 Å². The monoisotopic (exact) mass is 767 g/mol. The summed E-state index contributed by atoms with van der Waals surface area (Å²) < 4.78 is 2.41. The summed E-state index contributed by atoms with van der Waals surface area (Å²) in [6.07, 6.45) is 10.8. The van der Waals surface area contributed by atoms with Gasteiger partial charge in [-0.2, -0.15) is 0 Å². The molecule has 0 fully saturated rings. The van der Waals surface area contributed by atoms with Gasteiger partial charge in [0.15, 0.2) is 5.82 Å². The quantitative estimate of drug-likeness (QED) is 0.169. The molecule has 0 bridgehead atoms. The zero-order valence-electron chi connectivity index (χ0n) is 32.6. The normalized spacial score (nSPS) is 15.7. The van der Waals surface area contributed by atoms with Crippen LogP contribution in [0.15, 0.2) is 213 Å². The molecule has 12 rings (SSSR count). The van der Waals surface area contributed by atoms with Crippen LogP contribution in [0.25, 0.3) is 77.7 Å². The Morgan fingerprint density at radius 2 is 1.17 bits per heavy atom. The number of rotatable bonds is 6. The molecule has 1 aliphatic carbocycles. The van der Waals surface area contributed by atoms with Crippen molar-refractivity contribution in [3.05, 3.63) is 224 Å². The van der Waals surface area contributed by atoms with Crippen LogP contribution < -0.4 is 4.90 Å². The number of hydrogen-bond donors (Lipinski definition) is 0. The lowest BCUT2D eigenvalue weighted by Gasteiger charge is -2.31. The fourth-order valence-electron chi connectivity index (χ4n) is 9.55. The average molecular weight is 768 g/mol. The van der Waals surface area contributed by atoms with Crippen LogP contribution in [0.5, 0.6) is 0 Å². The van der Waals surface area contributed by atoms with Gasteiger partial charge in [-0.25, -0.2) is 9.97 Å². The van der Waals surface area contributed by atoms with Crippen molar-refractivity contribution in [1.29, 1.82) is 0 Å². The first-order chi connectivity index (χ1) is 29.8. The number of nitrogens with zero attached hydrogens (tertiary/aromatic N) is 5. The molecule has 0 amide bonds. The smallest absolute Gasteiger partial charge is 0.160 e. The van der Waals surface area contributed by atoms with Crippen molar-refractivity contribution in [2.45, 2.75) is 12.0 Å². The van der Waals surface area contributed by atoms with Crippen molar-refractivity contribution in [3.8, 4) is 39.6 Å². The predicted molar refractivity (Wildman–Crippen MR) is 247 cm³/mol. The van der Waals surface area contributed by atoms with Gasteiger partial charge in [-0.1, -0.05) is 146 Å². The van der Waals surface area contributed by atoms with Gasteiger partial charge in [-0.05, 0) is 71.3 Å². The largest absolute Gasteiger partial charge is 0.333 e. The van der Waals surface area contributed by atoms with E-state index in [9.17, 15) is 0 Å². The molecule has 7 aromatic carbocycles. The Bertz CT molecular complexity index is 3260. The Morgan fingerprint density at radius 1 is 0.483 bits per heavy atom. The summed E-state index contributed by atoms with van der Waals surface area (Å²) in [6.45, 7) is 0. The van der Waals surface area contributed by atoms with Gasteiger partial charge < -0.3 is 9.47 Å². The van der Waals surface area contributed by atoms with Crippen molar-refractivity contribution >= 4 is 49.5 Å². The molecule has 4 heterocycles. The minimum atomic E-state index is 0.114. The molecule has 1 aliphatic heterocycles. The summed E-state index contributed by atoms with van der Waals surface area (Å²) in [5.74, 6) is 0.874. The maximum Gasteiger partial charge on any atom is 0.160 e. The lowest BCUT2D eigenvalue weighted by atomic mass is 9.80. The number of aromatic nitrogens is 4. The van der Waals surface area contributed by atoms with Gasteiger partial charge in [0.2, 0.25) is 0 Å². The molecule has 2 unspecified atom stereocenters. The van der Waals surface area contributed by atoms with E-state index in [-0.39, 0.29) is 12.0 Å². The number of fused-ring (bicyclic) bond motifs is 7. The second-order valence-electron chi connectivity index (χ2n) is 15.6. The van der Waals surface area contributed by atoms with Gasteiger partial charge in [0.05, 0.1) is 34.2 Å². The molecule has 3 aromatic heterocycles. The van der Waals surface area contributed by atoms with Gasteiger partial charge >= 0.3 is 0 Å². The van der Waals surface area contributed by atoms with Gasteiger partial charge in [-0.15, -0.1) is 0 Å². The van der Waals surface area contributed by atoms with E-state index in [0.717, 1.165) is 44.8 Å². The summed E-state index contributed by atoms with van der Waals surface area (Å²) in [5, 5.41) is 4.80. The molecule has 0 saturated carbocycles. The van der Waals surface area contributed by atoms with Crippen molar-refractivity contribution in [1.82, 2.24) is 19.5 Å². The number of hydrogen-bond acceptors (Lipinski definition) is 4. The van der Waals surface area contributed by atoms with E-state index in [4.69, 9.17) is 9.97 Å². The highest BCUT2D eigenvalue weighted by Gasteiger charge is 2.41. The lowest BCUT2D eigenvalue weighted by molar-refractivity contribution is 0.759. The minimum Gasteiger partial charge on any atom is -0.333 e. The lowest BCUT2D eigenvalue weighted by Crippen LogP contribution is -2.30. The van der Waals surface area contributed by atoms with E-state index in [2.05, 4.69) is 190 Å². The third kappa shape index (κ3) is 5.51. The minimum absolute atomic E-state index is 0.114. The van der Waals surface area contributed by atoms with Crippen molar-refractivity contribution in [2.75, 3.05) is 4.90 Å². The maximum atomic E-state index is 5.10. The Hall–Kier alpha value is -7.89. The van der Waals surface area contributed by atoms with Gasteiger partial charge in [-0.3, -0.25) is 4.98 Å². The van der Waals surface area contributed by atoms with Crippen LogP contribution in [-0.4, -0.2) is 25.6 Å². The molecule has 0 saturated heterocycles. The van der Waals surface area contributed by atoms with Crippen LogP contribution in [0, 0.1) is 0 Å². The SMILES string of the molecule is C1=CC2C(C(c3ccc4c(c3)c3ccccc3n4-c3cccc4cnccc34)=C1)c1ccccc1N2c1ccc(-c2cc(-c3ccccc3)nc(-c3ccccc3)n2)cc1. The summed E-state index contributed by atoms with van der Waals surface area (Å²) in [7, 11) is 0. The first-order valence-corrected chi connectivity index (χ1v) is 20.5. The number of para-hydroxylation sites is 2. The molecule has 60 heavy (non-hydrogen) atoms. The first kappa shape index (κ1) is 34.2. The second-order valence-corrected chi connectivity index (χ2v) is 15.6. The molecule has 2 aliphatic rings. The zero-order valence-corrected chi connectivity index (χ0v) is 32.6. The first-order valence-electron chi connectivity index (χ1n) is 20.5. The van der Waals surface area contributed by atoms with Crippen LogP contribution in [-0.2, 0) is 0 Å². The molecule has 5 nitrogen and oxygen atoms in total. The van der Waals surface area contributed by atoms with Crippen LogP contribution in [0.3, 0.4) is 0 Å². The highest BCUT2D eigenvalue weighted by Crippen LogP contribution is 2.53. The van der Waals surface area contributed by atoms with Crippen LogP contribution in [0.2, 0.25) is 0 Å². The maximum absolute atomic E-state index is 5.10. The number of benzene rings is 7. The molecule has 282 valence electrons. The third-order valence-electron chi connectivity index (χ3n) is 12.3. The summed E-state index contributed by atoms with van der Waals surface area (Å²) in [5.41, 5.74) is 14.7. The summed E-state index contributed by atoms with van der Waals surface area (Å²) >= 11 is 0. The van der Waals surface area contributed by atoms with E-state index in [1.807, 2.05) is 36.7 Å². The van der Waals surface area contributed by atoms with Crippen LogP contribution in [0.4, 0.5) is 11.4 Å². The molecule has 0 N–H and O–H groups in total. The molecule has 0 spiro atoms. The molecule has 5 heteroatoms. The van der Waals surface area contributed by atoms with E-state index in [1.165, 1.54) is 49.6 Å². The van der Waals surface area contributed by atoms with Crippen LogP contribution >= 0.6 is 0 Å². The zero-order chi connectivity index (χ0) is 39.6. The Balaban J connectivity index is 0.926. The Kier molecular flexibility index (Phi) is 7.91. The van der Waals surface area contributed by atoms with Crippen LogP contribution in [0.1, 0.15) is 17.0 Å². The molecule has 0 radical (unpaired) electrons. The van der Waals surface area contributed by atoms with Gasteiger partial charge in [0.25, 0.3) is 0 Å². The fraction of sp³-hybridized carbons (Fsp3) is 0.0364. The Labute approximate surface area is 347 Å².